The van der Waals surface area contributed by atoms with E-state index in [0.29, 0.717) is 43.5 Å². The summed E-state index contributed by atoms with van der Waals surface area (Å²) in [5, 5.41) is 8.64. The molecular weight excluding hydrogens is 520 g/mol. The van der Waals surface area contributed by atoms with Crippen LogP contribution in [0.1, 0.15) is 37.7 Å². The Kier molecular flexibility index (Phi) is 10.7. The summed E-state index contributed by atoms with van der Waals surface area (Å²) in [7, 11) is 0. The Balaban J connectivity index is 1.39. The smallest absolute Gasteiger partial charge is 0.282 e. The van der Waals surface area contributed by atoms with E-state index in [2.05, 4.69) is 37.6 Å². The summed E-state index contributed by atoms with van der Waals surface area (Å²) >= 11 is 3.38. The molecular formula is C28H32BrN4O3+. The molecule has 0 aliphatic carbocycles. The second kappa shape index (κ2) is 14.2. The Morgan fingerprint density at radius 3 is 2.00 bits per heavy atom. The molecule has 6 N–H and O–H groups in total. The van der Waals surface area contributed by atoms with Gasteiger partial charge in [0.15, 0.2) is 6.04 Å². The highest BCUT2D eigenvalue weighted by Crippen LogP contribution is 2.22. The Morgan fingerprint density at radius 2 is 1.33 bits per heavy atom. The zero-order chi connectivity index (χ0) is 25.8. The van der Waals surface area contributed by atoms with Gasteiger partial charge in [0, 0.05) is 29.4 Å². The van der Waals surface area contributed by atoms with Crippen molar-refractivity contribution in [3.63, 3.8) is 0 Å². The Labute approximate surface area is 220 Å². The molecule has 0 saturated carbocycles. The molecule has 0 bridgehead atoms. The fraction of sp³-hybridized carbons (Fsp3) is 0.250. The molecule has 7 nitrogen and oxygen atoms in total. The molecule has 0 heterocycles. The lowest BCUT2D eigenvalue weighted by Crippen LogP contribution is -2.67. The highest BCUT2D eigenvalue weighted by molar-refractivity contribution is 9.10. The molecule has 3 aromatic rings. The zero-order valence-corrected chi connectivity index (χ0v) is 21.7. The quantitative estimate of drug-likeness (QED) is 0.243. The summed E-state index contributed by atoms with van der Waals surface area (Å²) in [5.41, 5.74) is 6.88. The number of quaternary nitrogens is 1. The number of rotatable bonds is 12. The topological polar surface area (TPSA) is 115 Å². The van der Waals surface area contributed by atoms with Gasteiger partial charge in [0.2, 0.25) is 11.8 Å². The van der Waals surface area contributed by atoms with Crippen molar-refractivity contribution in [1.82, 2.24) is 0 Å². The number of carbonyl (C=O) groups excluding carboxylic acids is 3. The van der Waals surface area contributed by atoms with Gasteiger partial charge in [0.1, 0.15) is 0 Å². The van der Waals surface area contributed by atoms with Gasteiger partial charge in [-0.1, -0.05) is 70.9 Å². The molecule has 0 unspecified atom stereocenters. The molecule has 0 radical (unpaired) electrons. The number of amides is 3. The van der Waals surface area contributed by atoms with Crippen molar-refractivity contribution in [3.05, 3.63) is 88.9 Å². The van der Waals surface area contributed by atoms with Gasteiger partial charge >= 0.3 is 0 Å². The molecule has 36 heavy (non-hydrogen) atoms. The first kappa shape index (κ1) is 27.1. The minimum absolute atomic E-state index is 0.0433. The summed E-state index contributed by atoms with van der Waals surface area (Å²) in [6.07, 6.45) is 3.40. The van der Waals surface area contributed by atoms with Gasteiger partial charge in [-0.25, -0.2) is 0 Å². The van der Waals surface area contributed by atoms with Crippen molar-refractivity contribution in [2.75, 3.05) is 16.0 Å². The molecule has 0 aliphatic rings. The van der Waals surface area contributed by atoms with Gasteiger partial charge in [-0.15, -0.1) is 0 Å². The molecule has 3 amide bonds. The van der Waals surface area contributed by atoms with E-state index >= 15 is 0 Å². The van der Waals surface area contributed by atoms with Crippen LogP contribution >= 0.6 is 15.9 Å². The summed E-state index contributed by atoms with van der Waals surface area (Å²) in [4.78, 5) is 37.2. The van der Waals surface area contributed by atoms with Crippen molar-refractivity contribution >= 4 is 50.7 Å². The highest BCUT2D eigenvalue weighted by Gasteiger charge is 2.19. The molecule has 0 spiro atoms. The zero-order valence-electron chi connectivity index (χ0n) is 20.1. The highest BCUT2D eigenvalue weighted by atomic mass is 79.9. The van der Waals surface area contributed by atoms with Crippen LogP contribution in [0.25, 0.3) is 0 Å². The predicted octanol–water partition coefficient (Wildman–Crippen LogP) is 4.77. The number of carbonyl (C=O) groups is 3. The fourth-order valence-corrected chi connectivity index (χ4v) is 4.08. The SMILES string of the molecule is [NH3+][C@@H](Cc1ccccc1)C(=O)Nc1ccccc1NC(=O)CCCCCC(=O)Nc1cccc(Br)c1. The standard InChI is InChI=1S/C28H31BrN4O3/c29-21-12-9-13-22(19-21)31-26(34)16-5-2-6-17-27(35)32-24-14-7-8-15-25(24)33-28(36)23(30)18-20-10-3-1-4-11-20/h1,3-4,7-15,19,23H,2,5-6,16-18,30H2,(H,31,34)(H,32,35)(H,33,36)/p+1/t23-/m0/s1. The monoisotopic (exact) mass is 551 g/mol. The minimum atomic E-state index is -0.461. The van der Waals surface area contributed by atoms with Gasteiger partial charge in [-0.05, 0) is 48.7 Å². The molecule has 1 atom stereocenters. The second-order valence-corrected chi connectivity index (χ2v) is 9.50. The van der Waals surface area contributed by atoms with Crippen molar-refractivity contribution < 1.29 is 20.1 Å². The number of hydrogen-bond donors (Lipinski definition) is 4. The Morgan fingerprint density at radius 1 is 0.722 bits per heavy atom. The third-order valence-electron chi connectivity index (χ3n) is 5.57. The van der Waals surface area contributed by atoms with E-state index in [4.69, 9.17) is 0 Å². The van der Waals surface area contributed by atoms with Crippen LogP contribution in [-0.2, 0) is 20.8 Å². The number of nitrogens with one attached hydrogen (secondary N) is 3. The minimum Gasteiger partial charge on any atom is -0.347 e. The number of benzene rings is 3. The van der Waals surface area contributed by atoms with Gasteiger partial charge in [-0.2, -0.15) is 0 Å². The third kappa shape index (κ3) is 9.28. The van der Waals surface area contributed by atoms with E-state index in [9.17, 15) is 14.4 Å². The third-order valence-corrected chi connectivity index (χ3v) is 6.06. The summed E-state index contributed by atoms with van der Waals surface area (Å²) in [5.74, 6) is -0.384. The molecule has 188 valence electrons. The Hall–Kier alpha value is -3.49. The van der Waals surface area contributed by atoms with Gasteiger partial charge in [0.25, 0.3) is 5.91 Å². The molecule has 0 saturated heterocycles. The maximum Gasteiger partial charge on any atom is 0.282 e. The lowest BCUT2D eigenvalue weighted by Gasteiger charge is -2.14. The first-order valence-electron chi connectivity index (χ1n) is 12.0. The van der Waals surface area contributed by atoms with Crippen molar-refractivity contribution in [3.8, 4) is 0 Å². The maximum atomic E-state index is 12.7. The summed E-state index contributed by atoms with van der Waals surface area (Å²) < 4.78 is 0.908. The van der Waals surface area contributed by atoms with Gasteiger partial charge < -0.3 is 21.7 Å². The van der Waals surface area contributed by atoms with E-state index in [1.54, 1.807) is 24.3 Å². The van der Waals surface area contributed by atoms with Crippen molar-refractivity contribution in [2.45, 2.75) is 44.6 Å². The lowest BCUT2D eigenvalue weighted by atomic mass is 10.1. The van der Waals surface area contributed by atoms with Gasteiger partial charge in [-0.3, -0.25) is 14.4 Å². The maximum absolute atomic E-state index is 12.7. The lowest BCUT2D eigenvalue weighted by molar-refractivity contribution is -0.402. The average molecular weight is 552 g/mol. The van der Waals surface area contributed by atoms with Crippen LogP contribution in [0.5, 0.6) is 0 Å². The van der Waals surface area contributed by atoms with Crippen LogP contribution in [-0.4, -0.2) is 23.8 Å². The van der Waals surface area contributed by atoms with Crippen molar-refractivity contribution in [1.29, 1.82) is 0 Å². The second-order valence-electron chi connectivity index (χ2n) is 8.59. The van der Waals surface area contributed by atoms with Crippen LogP contribution in [0.4, 0.5) is 17.1 Å². The van der Waals surface area contributed by atoms with E-state index in [1.165, 1.54) is 0 Å². The Bertz CT molecular complexity index is 1170. The van der Waals surface area contributed by atoms with Crippen molar-refractivity contribution in [2.24, 2.45) is 0 Å². The van der Waals surface area contributed by atoms with Crippen LogP contribution in [0.2, 0.25) is 0 Å². The van der Waals surface area contributed by atoms with Crippen LogP contribution in [0.15, 0.2) is 83.3 Å². The number of para-hydroxylation sites is 2. The number of hydrogen-bond acceptors (Lipinski definition) is 3. The average Bonchev–Trinajstić information content (AvgIpc) is 2.85. The fourth-order valence-electron chi connectivity index (χ4n) is 3.68. The van der Waals surface area contributed by atoms with Gasteiger partial charge in [0.05, 0.1) is 11.4 Å². The molecule has 8 heteroatoms. The molecule has 3 aromatic carbocycles. The normalized spacial score (nSPS) is 11.4. The summed E-state index contributed by atoms with van der Waals surface area (Å²) in [6.45, 7) is 0. The number of halogens is 1. The van der Waals surface area contributed by atoms with E-state index in [0.717, 1.165) is 22.1 Å². The number of unbranched alkanes of at least 4 members (excludes halogenated alkanes) is 2. The molecule has 0 aliphatic heterocycles. The number of anilines is 3. The largest absolute Gasteiger partial charge is 0.347 e. The first-order chi connectivity index (χ1) is 17.4. The van der Waals surface area contributed by atoms with E-state index < -0.39 is 6.04 Å². The van der Waals surface area contributed by atoms with E-state index in [-0.39, 0.29) is 17.7 Å². The van der Waals surface area contributed by atoms with E-state index in [1.807, 2.05) is 54.6 Å². The molecule has 0 aromatic heterocycles. The predicted molar refractivity (Wildman–Crippen MR) is 146 cm³/mol. The summed E-state index contributed by atoms with van der Waals surface area (Å²) in [6, 6.07) is 23.9. The van der Waals surface area contributed by atoms with Crippen LogP contribution in [0, 0.1) is 0 Å². The van der Waals surface area contributed by atoms with Crippen LogP contribution in [0.3, 0.4) is 0 Å². The van der Waals surface area contributed by atoms with Crippen LogP contribution < -0.4 is 21.7 Å². The molecule has 3 rings (SSSR count). The first-order valence-corrected chi connectivity index (χ1v) is 12.8. The molecule has 0 fully saturated rings.